The molecule has 18 heavy (non-hydrogen) atoms. The second-order valence-electron chi connectivity index (χ2n) is 5.95. The molecule has 2 unspecified atom stereocenters. The smallest absolute Gasteiger partial charge is 0.223 e. The second-order valence-corrected chi connectivity index (χ2v) is 5.95. The summed E-state index contributed by atoms with van der Waals surface area (Å²) in [4.78, 5) is 14.2. The van der Waals surface area contributed by atoms with Crippen LogP contribution in [-0.4, -0.2) is 35.5 Å². The van der Waals surface area contributed by atoms with Crippen molar-refractivity contribution in [3.8, 4) is 0 Å². The Morgan fingerprint density at radius 2 is 1.83 bits per heavy atom. The Labute approximate surface area is 117 Å². The molecule has 0 aliphatic carbocycles. The largest absolute Gasteiger partial charge is 0.341 e. The van der Waals surface area contributed by atoms with E-state index in [1.54, 1.807) is 0 Å². The van der Waals surface area contributed by atoms with Crippen LogP contribution >= 0.6 is 12.4 Å². The zero-order valence-corrected chi connectivity index (χ0v) is 12.6. The van der Waals surface area contributed by atoms with E-state index in [-0.39, 0.29) is 12.4 Å². The molecule has 2 aliphatic heterocycles. The van der Waals surface area contributed by atoms with Crippen LogP contribution in [0.3, 0.4) is 0 Å². The standard InChI is InChI=1S/C14H26N2O.ClH/c1-4-16(10(2)3)14(17)9-11-7-12-5-6-13(8-11)15-12;/h10-13,15H,4-9H2,1-3H3;1H. The first-order valence-electron chi connectivity index (χ1n) is 7.15. The molecule has 2 saturated heterocycles. The molecule has 2 atom stereocenters. The van der Waals surface area contributed by atoms with E-state index in [1.807, 2.05) is 4.90 Å². The van der Waals surface area contributed by atoms with E-state index < -0.39 is 0 Å². The van der Waals surface area contributed by atoms with Gasteiger partial charge in [0.1, 0.15) is 0 Å². The number of fused-ring (bicyclic) bond motifs is 2. The average Bonchev–Trinajstić information content (AvgIpc) is 2.58. The molecule has 1 N–H and O–H groups in total. The number of carbonyl (C=O) groups is 1. The maximum absolute atomic E-state index is 12.2. The van der Waals surface area contributed by atoms with Gasteiger partial charge in [0.25, 0.3) is 0 Å². The summed E-state index contributed by atoms with van der Waals surface area (Å²) in [5, 5.41) is 3.63. The molecular formula is C14H27ClN2O. The second kappa shape index (κ2) is 6.76. The Kier molecular flexibility index (Phi) is 5.93. The Morgan fingerprint density at radius 1 is 1.28 bits per heavy atom. The molecule has 2 aliphatic rings. The number of carbonyl (C=O) groups excluding carboxylic acids is 1. The Bertz CT molecular complexity index is 271. The van der Waals surface area contributed by atoms with Crippen LogP contribution in [0, 0.1) is 5.92 Å². The lowest BCUT2D eigenvalue weighted by atomic mass is 9.89. The summed E-state index contributed by atoms with van der Waals surface area (Å²) < 4.78 is 0. The number of amides is 1. The first-order chi connectivity index (χ1) is 8.10. The molecule has 0 spiro atoms. The number of halogens is 1. The normalized spacial score (nSPS) is 30.1. The van der Waals surface area contributed by atoms with E-state index in [0.29, 0.717) is 30.0 Å². The van der Waals surface area contributed by atoms with Gasteiger partial charge in [-0.05, 0) is 52.4 Å². The van der Waals surface area contributed by atoms with E-state index >= 15 is 0 Å². The lowest BCUT2D eigenvalue weighted by Gasteiger charge is -2.31. The molecule has 2 fully saturated rings. The summed E-state index contributed by atoms with van der Waals surface area (Å²) in [7, 11) is 0. The summed E-state index contributed by atoms with van der Waals surface area (Å²) in [6.07, 6.45) is 5.81. The van der Waals surface area contributed by atoms with Gasteiger partial charge in [-0.1, -0.05) is 0 Å². The monoisotopic (exact) mass is 274 g/mol. The highest BCUT2D eigenvalue weighted by atomic mass is 35.5. The van der Waals surface area contributed by atoms with E-state index in [4.69, 9.17) is 0 Å². The molecule has 0 radical (unpaired) electrons. The molecule has 1 amide bonds. The fraction of sp³-hybridized carbons (Fsp3) is 0.929. The van der Waals surface area contributed by atoms with Crippen molar-refractivity contribution >= 4 is 18.3 Å². The van der Waals surface area contributed by atoms with Crippen molar-refractivity contribution in [3.63, 3.8) is 0 Å². The fourth-order valence-electron chi connectivity index (χ4n) is 3.54. The predicted octanol–water partition coefficient (Wildman–Crippen LogP) is 2.59. The number of piperidine rings is 1. The molecule has 0 aromatic rings. The summed E-state index contributed by atoms with van der Waals surface area (Å²) in [6.45, 7) is 7.12. The van der Waals surface area contributed by atoms with Crippen molar-refractivity contribution in [2.75, 3.05) is 6.54 Å². The molecule has 4 heteroatoms. The highest BCUT2D eigenvalue weighted by Gasteiger charge is 2.34. The van der Waals surface area contributed by atoms with Crippen molar-refractivity contribution in [2.24, 2.45) is 5.92 Å². The third kappa shape index (κ3) is 3.61. The number of rotatable bonds is 4. The van der Waals surface area contributed by atoms with Gasteiger partial charge in [0, 0.05) is 31.1 Å². The van der Waals surface area contributed by atoms with Crippen molar-refractivity contribution in [2.45, 2.75) is 71.0 Å². The van der Waals surface area contributed by atoms with Crippen LogP contribution in [-0.2, 0) is 4.79 Å². The minimum absolute atomic E-state index is 0. The van der Waals surface area contributed by atoms with Gasteiger partial charge in [-0.2, -0.15) is 0 Å². The zero-order valence-electron chi connectivity index (χ0n) is 11.8. The summed E-state index contributed by atoms with van der Waals surface area (Å²) in [5.41, 5.74) is 0. The van der Waals surface area contributed by atoms with Crippen LogP contribution < -0.4 is 5.32 Å². The van der Waals surface area contributed by atoms with Gasteiger partial charge in [0.2, 0.25) is 5.91 Å². The van der Waals surface area contributed by atoms with Gasteiger partial charge in [-0.15, -0.1) is 12.4 Å². The zero-order chi connectivity index (χ0) is 12.4. The highest BCUT2D eigenvalue weighted by molar-refractivity contribution is 5.85. The lowest BCUT2D eigenvalue weighted by Crippen LogP contribution is -2.42. The van der Waals surface area contributed by atoms with Crippen LogP contribution in [0.4, 0.5) is 0 Å². The molecule has 0 aromatic heterocycles. The lowest BCUT2D eigenvalue weighted by molar-refractivity contribution is -0.133. The van der Waals surface area contributed by atoms with Crippen LogP contribution in [0.1, 0.15) is 52.9 Å². The SMILES string of the molecule is CCN(C(=O)CC1CC2CCC(C1)N2)C(C)C.Cl. The predicted molar refractivity (Wildman–Crippen MR) is 77.1 cm³/mol. The van der Waals surface area contributed by atoms with E-state index in [1.165, 1.54) is 25.7 Å². The van der Waals surface area contributed by atoms with Gasteiger partial charge in [-0.3, -0.25) is 4.79 Å². The van der Waals surface area contributed by atoms with Gasteiger partial charge in [0.05, 0.1) is 0 Å². The molecule has 3 nitrogen and oxygen atoms in total. The topological polar surface area (TPSA) is 32.3 Å². The van der Waals surface area contributed by atoms with E-state index in [9.17, 15) is 4.79 Å². The van der Waals surface area contributed by atoms with Crippen molar-refractivity contribution < 1.29 is 4.79 Å². The van der Waals surface area contributed by atoms with Crippen LogP contribution in [0.5, 0.6) is 0 Å². The van der Waals surface area contributed by atoms with Crippen molar-refractivity contribution in [1.82, 2.24) is 10.2 Å². The third-order valence-electron chi connectivity index (χ3n) is 4.32. The maximum Gasteiger partial charge on any atom is 0.223 e. The highest BCUT2D eigenvalue weighted by Crippen LogP contribution is 2.33. The summed E-state index contributed by atoms with van der Waals surface area (Å²) in [6, 6.07) is 1.73. The van der Waals surface area contributed by atoms with E-state index in [2.05, 4.69) is 26.1 Å². The van der Waals surface area contributed by atoms with E-state index in [0.717, 1.165) is 13.0 Å². The molecular weight excluding hydrogens is 248 g/mol. The van der Waals surface area contributed by atoms with Crippen LogP contribution in [0.15, 0.2) is 0 Å². The fourth-order valence-corrected chi connectivity index (χ4v) is 3.54. The summed E-state index contributed by atoms with van der Waals surface area (Å²) >= 11 is 0. The summed E-state index contributed by atoms with van der Waals surface area (Å²) in [5.74, 6) is 0.975. The third-order valence-corrected chi connectivity index (χ3v) is 4.32. The van der Waals surface area contributed by atoms with Crippen molar-refractivity contribution in [3.05, 3.63) is 0 Å². The molecule has 0 aromatic carbocycles. The molecule has 2 rings (SSSR count). The van der Waals surface area contributed by atoms with Gasteiger partial charge < -0.3 is 10.2 Å². The first-order valence-corrected chi connectivity index (χ1v) is 7.15. The first kappa shape index (κ1) is 15.8. The van der Waals surface area contributed by atoms with Gasteiger partial charge in [0.15, 0.2) is 0 Å². The number of nitrogens with one attached hydrogen (secondary N) is 1. The molecule has 2 bridgehead atoms. The Hall–Kier alpha value is -0.280. The number of hydrogen-bond donors (Lipinski definition) is 1. The number of nitrogens with zero attached hydrogens (tertiary/aromatic N) is 1. The quantitative estimate of drug-likeness (QED) is 0.855. The Balaban J connectivity index is 0.00000162. The minimum Gasteiger partial charge on any atom is -0.341 e. The maximum atomic E-state index is 12.2. The molecule has 2 heterocycles. The minimum atomic E-state index is 0. The van der Waals surface area contributed by atoms with Crippen LogP contribution in [0.25, 0.3) is 0 Å². The van der Waals surface area contributed by atoms with Gasteiger partial charge in [-0.25, -0.2) is 0 Å². The number of hydrogen-bond acceptors (Lipinski definition) is 2. The molecule has 0 saturated carbocycles. The average molecular weight is 275 g/mol. The van der Waals surface area contributed by atoms with Crippen molar-refractivity contribution in [1.29, 1.82) is 0 Å². The molecule has 106 valence electrons. The Morgan fingerprint density at radius 3 is 2.28 bits per heavy atom. The van der Waals surface area contributed by atoms with Gasteiger partial charge >= 0.3 is 0 Å². The van der Waals surface area contributed by atoms with Crippen LogP contribution in [0.2, 0.25) is 0 Å².